The molecular formula is C36H37F. The van der Waals surface area contributed by atoms with Crippen LogP contribution in [0.3, 0.4) is 0 Å². The van der Waals surface area contributed by atoms with E-state index in [2.05, 4.69) is 67.8 Å². The predicted octanol–water partition coefficient (Wildman–Crippen LogP) is 9.41. The lowest BCUT2D eigenvalue weighted by molar-refractivity contribution is 0.636. The highest BCUT2D eigenvalue weighted by Crippen LogP contribution is 2.23. The fourth-order valence-corrected chi connectivity index (χ4v) is 4.67. The quantitative estimate of drug-likeness (QED) is 0.112. The van der Waals surface area contributed by atoms with E-state index in [-0.39, 0.29) is 5.82 Å². The van der Waals surface area contributed by atoms with Crippen molar-refractivity contribution >= 4 is 10.8 Å². The van der Waals surface area contributed by atoms with Crippen molar-refractivity contribution in [1.82, 2.24) is 0 Å². The van der Waals surface area contributed by atoms with Gasteiger partial charge in [0.1, 0.15) is 5.82 Å². The zero-order valence-corrected chi connectivity index (χ0v) is 22.0. The molecule has 0 radical (unpaired) electrons. The average molecular weight is 489 g/mol. The smallest absolute Gasteiger partial charge is 0.146 e. The molecule has 0 heterocycles. The van der Waals surface area contributed by atoms with Crippen molar-refractivity contribution in [1.29, 1.82) is 0 Å². The molecule has 0 unspecified atom stereocenters. The van der Waals surface area contributed by atoms with E-state index in [4.69, 9.17) is 0 Å². The third-order valence-corrected chi connectivity index (χ3v) is 7.00. The van der Waals surface area contributed by atoms with Crippen LogP contribution in [0.2, 0.25) is 0 Å². The topological polar surface area (TPSA) is 0 Å². The molecule has 0 nitrogen and oxygen atoms in total. The maximum absolute atomic E-state index is 15.2. The van der Waals surface area contributed by atoms with E-state index < -0.39 is 0 Å². The molecule has 4 aromatic carbocycles. The summed E-state index contributed by atoms with van der Waals surface area (Å²) in [5.74, 6) is 5.95. The zero-order valence-electron chi connectivity index (χ0n) is 22.0. The number of fused-ring (bicyclic) bond motifs is 1. The third-order valence-electron chi connectivity index (χ3n) is 7.00. The molecule has 0 aliphatic carbocycles. The molecule has 4 rings (SSSR count). The van der Waals surface area contributed by atoms with Gasteiger partial charge >= 0.3 is 0 Å². The number of hydrogen-bond acceptors (Lipinski definition) is 0. The van der Waals surface area contributed by atoms with E-state index in [1.165, 1.54) is 47.9 Å². The Bertz CT molecular complexity index is 1360. The first kappa shape index (κ1) is 26.4. The van der Waals surface area contributed by atoms with E-state index in [0.717, 1.165) is 43.1 Å². The van der Waals surface area contributed by atoms with Crippen molar-refractivity contribution in [3.63, 3.8) is 0 Å². The number of rotatable bonds is 11. The normalized spacial score (nSPS) is 10.8. The molecule has 0 amide bonds. The minimum atomic E-state index is -0.237. The van der Waals surface area contributed by atoms with Gasteiger partial charge in [-0.15, -0.1) is 6.58 Å². The highest BCUT2D eigenvalue weighted by Gasteiger charge is 2.07. The molecule has 0 atom stereocenters. The van der Waals surface area contributed by atoms with E-state index >= 15 is 4.39 Å². The van der Waals surface area contributed by atoms with Gasteiger partial charge in [0.25, 0.3) is 0 Å². The number of halogens is 1. The second-order valence-corrected chi connectivity index (χ2v) is 9.88. The van der Waals surface area contributed by atoms with Crippen LogP contribution >= 0.6 is 0 Å². The number of allylic oxidation sites excluding steroid dienone is 1. The Morgan fingerprint density at radius 1 is 0.676 bits per heavy atom. The van der Waals surface area contributed by atoms with E-state index in [0.29, 0.717) is 10.9 Å². The fourth-order valence-electron chi connectivity index (χ4n) is 4.67. The van der Waals surface area contributed by atoms with Gasteiger partial charge in [-0.3, -0.25) is 0 Å². The molecule has 0 saturated heterocycles. The lowest BCUT2D eigenvalue weighted by atomic mass is 9.98. The zero-order chi connectivity index (χ0) is 25.9. The number of hydrogen-bond donors (Lipinski definition) is 0. The Morgan fingerprint density at radius 3 is 2.05 bits per heavy atom. The predicted molar refractivity (Wildman–Crippen MR) is 157 cm³/mol. The van der Waals surface area contributed by atoms with Crippen LogP contribution in [0.4, 0.5) is 4.39 Å². The monoisotopic (exact) mass is 488 g/mol. The highest BCUT2D eigenvalue weighted by molar-refractivity contribution is 5.85. The Labute approximate surface area is 222 Å². The molecule has 0 fully saturated rings. The van der Waals surface area contributed by atoms with Crippen molar-refractivity contribution in [2.24, 2.45) is 0 Å². The van der Waals surface area contributed by atoms with Crippen molar-refractivity contribution in [2.45, 2.75) is 64.7 Å². The molecule has 1 heteroatoms. The molecule has 0 aliphatic rings. The summed E-state index contributed by atoms with van der Waals surface area (Å²) in [7, 11) is 0. The van der Waals surface area contributed by atoms with Crippen LogP contribution < -0.4 is 0 Å². The van der Waals surface area contributed by atoms with Gasteiger partial charge in [-0.05, 0) is 84.4 Å². The lowest BCUT2D eigenvalue weighted by Gasteiger charge is -2.07. The first-order valence-corrected chi connectivity index (χ1v) is 13.7. The summed E-state index contributed by atoms with van der Waals surface area (Å²) in [6.07, 6.45) is 12.1. The standard InChI is InChI=1S/C36H37F/c1-3-5-7-8-10-29-13-17-31(18-14-29)21-23-33-24-25-34-27-32(22-26-35(34)36(33)37)20-19-30-15-11-28(12-16-30)9-6-4-2/h4,11-18,22,24-27H,2-3,5-10,19-20H2,1H3. The summed E-state index contributed by atoms with van der Waals surface area (Å²) >= 11 is 0. The van der Waals surface area contributed by atoms with Crippen LogP contribution in [0, 0.1) is 17.7 Å². The van der Waals surface area contributed by atoms with Crippen molar-refractivity contribution < 1.29 is 4.39 Å². The summed E-state index contributed by atoms with van der Waals surface area (Å²) in [5, 5.41) is 1.55. The molecule has 4 aromatic rings. The van der Waals surface area contributed by atoms with Crippen LogP contribution in [0.5, 0.6) is 0 Å². The third kappa shape index (κ3) is 7.68. The maximum atomic E-state index is 15.2. The van der Waals surface area contributed by atoms with Crippen LogP contribution in [0.1, 0.15) is 72.4 Å². The summed E-state index contributed by atoms with van der Waals surface area (Å²) in [5.41, 5.74) is 6.59. The summed E-state index contributed by atoms with van der Waals surface area (Å²) in [4.78, 5) is 0. The van der Waals surface area contributed by atoms with Gasteiger partial charge in [-0.1, -0.05) is 105 Å². The number of unbranched alkanes of at least 4 members (excludes halogenated alkanes) is 3. The fraction of sp³-hybridized carbons (Fsp3) is 0.278. The summed E-state index contributed by atoms with van der Waals surface area (Å²) in [6, 6.07) is 27.1. The number of aryl methyl sites for hydroxylation is 4. The molecule has 0 saturated carbocycles. The molecule has 37 heavy (non-hydrogen) atoms. The minimum absolute atomic E-state index is 0.237. The number of benzene rings is 4. The van der Waals surface area contributed by atoms with Crippen LogP contribution in [0.15, 0.2) is 91.5 Å². The Morgan fingerprint density at radius 2 is 1.32 bits per heavy atom. The largest absolute Gasteiger partial charge is 0.205 e. The van der Waals surface area contributed by atoms with Crippen LogP contribution in [0.25, 0.3) is 10.8 Å². The minimum Gasteiger partial charge on any atom is -0.205 e. The van der Waals surface area contributed by atoms with Crippen LogP contribution in [-0.4, -0.2) is 0 Å². The van der Waals surface area contributed by atoms with Gasteiger partial charge < -0.3 is 0 Å². The van der Waals surface area contributed by atoms with Gasteiger partial charge in [0.2, 0.25) is 0 Å². The van der Waals surface area contributed by atoms with Gasteiger partial charge in [0.15, 0.2) is 0 Å². The van der Waals surface area contributed by atoms with Gasteiger partial charge in [-0.25, -0.2) is 4.39 Å². The van der Waals surface area contributed by atoms with Gasteiger partial charge in [0, 0.05) is 10.9 Å². The Hall–Kier alpha value is -3.63. The van der Waals surface area contributed by atoms with Crippen molar-refractivity contribution in [3.05, 3.63) is 131 Å². The van der Waals surface area contributed by atoms with Gasteiger partial charge in [0.05, 0.1) is 5.56 Å². The van der Waals surface area contributed by atoms with Crippen molar-refractivity contribution in [3.8, 4) is 11.8 Å². The summed E-state index contributed by atoms with van der Waals surface area (Å²) < 4.78 is 15.2. The molecule has 0 N–H and O–H groups in total. The average Bonchev–Trinajstić information content (AvgIpc) is 2.94. The van der Waals surface area contributed by atoms with Gasteiger partial charge in [-0.2, -0.15) is 0 Å². The first-order valence-electron chi connectivity index (χ1n) is 13.7. The molecule has 0 spiro atoms. The highest BCUT2D eigenvalue weighted by atomic mass is 19.1. The van der Waals surface area contributed by atoms with E-state index in [9.17, 15) is 0 Å². The molecule has 0 aromatic heterocycles. The van der Waals surface area contributed by atoms with E-state index in [1.807, 2.05) is 36.4 Å². The SMILES string of the molecule is C=CCCc1ccc(CCc2ccc3c(F)c(C#Cc4ccc(CCCCCC)cc4)ccc3c2)cc1. The molecule has 188 valence electrons. The molecular weight excluding hydrogens is 451 g/mol. The molecule has 0 bridgehead atoms. The lowest BCUT2D eigenvalue weighted by Crippen LogP contribution is -1.94. The summed E-state index contributed by atoms with van der Waals surface area (Å²) in [6.45, 7) is 6.03. The second-order valence-electron chi connectivity index (χ2n) is 9.88. The Kier molecular flexibility index (Phi) is 9.73. The van der Waals surface area contributed by atoms with Crippen molar-refractivity contribution in [2.75, 3.05) is 0 Å². The van der Waals surface area contributed by atoms with Crippen LogP contribution in [-0.2, 0) is 25.7 Å². The second kappa shape index (κ2) is 13.6. The molecule has 0 aliphatic heterocycles. The first-order chi connectivity index (χ1) is 18.2. The van der Waals surface area contributed by atoms with E-state index in [1.54, 1.807) is 6.07 Å². The maximum Gasteiger partial charge on any atom is 0.146 e. The Balaban J connectivity index is 1.39.